The first-order chi connectivity index (χ1) is 7.19. The molecular formula is C9H11NO5. The van der Waals surface area contributed by atoms with E-state index in [1.807, 2.05) is 0 Å². The molecule has 1 aromatic carbocycles. The van der Waals surface area contributed by atoms with Gasteiger partial charge in [-0.3, -0.25) is 10.1 Å². The van der Waals surface area contributed by atoms with Crippen LogP contribution in [0.25, 0.3) is 0 Å². The monoisotopic (exact) mass is 213 g/mol. The molecule has 82 valence electrons. The van der Waals surface area contributed by atoms with Crippen LogP contribution in [0.1, 0.15) is 0 Å². The first-order valence-electron chi connectivity index (χ1n) is 4.25. The second-order valence-corrected chi connectivity index (χ2v) is 2.66. The summed E-state index contributed by atoms with van der Waals surface area (Å²) in [7, 11) is 1.42. The lowest BCUT2D eigenvalue weighted by Gasteiger charge is -2.06. The Bertz CT molecular complexity index is 352. The fourth-order valence-corrected chi connectivity index (χ4v) is 1.04. The molecule has 15 heavy (non-hydrogen) atoms. The van der Waals surface area contributed by atoms with E-state index in [2.05, 4.69) is 0 Å². The third-order valence-corrected chi connectivity index (χ3v) is 1.71. The Kier molecular flexibility index (Phi) is 3.87. The first-order valence-corrected chi connectivity index (χ1v) is 4.25. The lowest BCUT2D eigenvalue weighted by molar-refractivity contribution is -0.386. The Hall–Kier alpha value is -1.82. The van der Waals surface area contributed by atoms with E-state index in [9.17, 15) is 10.1 Å². The first kappa shape index (κ1) is 11.3. The van der Waals surface area contributed by atoms with E-state index in [4.69, 9.17) is 14.6 Å². The van der Waals surface area contributed by atoms with E-state index in [0.717, 1.165) is 0 Å². The van der Waals surface area contributed by atoms with Gasteiger partial charge in [-0.05, 0) is 12.1 Å². The van der Waals surface area contributed by atoms with E-state index in [1.165, 1.54) is 19.2 Å². The number of rotatable bonds is 5. The Balaban J connectivity index is 2.98. The largest absolute Gasteiger partial charge is 0.496 e. The molecule has 6 nitrogen and oxygen atoms in total. The maximum Gasteiger partial charge on any atom is 0.314 e. The Morgan fingerprint density at radius 1 is 1.53 bits per heavy atom. The van der Waals surface area contributed by atoms with Gasteiger partial charge in [0.05, 0.1) is 24.7 Å². The van der Waals surface area contributed by atoms with Crippen LogP contribution in [-0.4, -0.2) is 30.4 Å². The summed E-state index contributed by atoms with van der Waals surface area (Å²) in [5.41, 5.74) is -0.178. The van der Waals surface area contributed by atoms with E-state index >= 15 is 0 Å². The van der Waals surface area contributed by atoms with Crippen LogP contribution in [-0.2, 0) is 0 Å². The SMILES string of the molecule is COc1ccc(OCCO)c([N+](=O)[O-])c1. The molecule has 0 aliphatic heterocycles. The minimum absolute atomic E-state index is 0.0210. The number of hydrogen-bond donors (Lipinski definition) is 1. The van der Waals surface area contributed by atoms with Crippen molar-refractivity contribution >= 4 is 5.69 Å². The molecule has 0 fully saturated rings. The van der Waals surface area contributed by atoms with Crippen LogP contribution >= 0.6 is 0 Å². The predicted molar refractivity (Wildman–Crippen MR) is 52.2 cm³/mol. The van der Waals surface area contributed by atoms with Crippen LogP contribution in [0.5, 0.6) is 11.5 Å². The topological polar surface area (TPSA) is 81.8 Å². The highest BCUT2D eigenvalue weighted by Gasteiger charge is 2.16. The van der Waals surface area contributed by atoms with Gasteiger partial charge in [-0.15, -0.1) is 0 Å². The van der Waals surface area contributed by atoms with Gasteiger partial charge in [-0.2, -0.15) is 0 Å². The highest BCUT2D eigenvalue weighted by atomic mass is 16.6. The van der Waals surface area contributed by atoms with Crippen molar-refractivity contribution in [2.24, 2.45) is 0 Å². The number of nitro benzene ring substituents is 1. The third-order valence-electron chi connectivity index (χ3n) is 1.71. The fraction of sp³-hybridized carbons (Fsp3) is 0.333. The minimum atomic E-state index is -0.560. The van der Waals surface area contributed by atoms with Gasteiger partial charge in [0.2, 0.25) is 0 Å². The van der Waals surface area contributed by atoms with Crippen molar-refractivity contribution in [3.05, 3.63) is 28.3 Å². The normalized spacial score (nSPS) is 9.73. The van der Waals surface area contributed by atoms with Gasteiger partial charge in [0.25, 0.3) is 0 Å². The van der Waals surface area contributed by atoms with Crippen molar-refractivity contribution in [1.29, 1.82) is 0 Å². The zero-order valence-electron chi connectivity index (χ0n) is 8.17. The average molecular weight is 213 g/mol. The molecule has 0 spiro atoms. The Labute approximate surface area is 86.2 Å². The van der Waals surface area contributed by atoms with Gasteiger partial charge >= 0.3 is 5.69 Å². The molecule has 0 radical (unpaired) electrons. The molecule has 1 aromatic rings. The number of aliphatic hydroxyl groups excluding tert-OH is 1. The maximum atomic E-state index is 10.7. The molecule has 0 saturated carbocycles. The van der Waals surface area contributed by atoms with E-state index in [0.29, 0.717) is 5.75 Å². The zero-order chi connectivity index (χ0) is 11.3. The number of nitro groups is 1. The molecule has 0 unspecified atom stereocenters. The van der Waals surface area contributed by atoms with Crippen molar-refractivity contribution < 1.29 is 19.5 Å². The molecule has 0 aliphatic rings. The highest BCUT2D eigenvalue weighted by molar-refractivity contribution is 5.50. The summed E-state index contributed by atoms with van der Waals surface area (Å²) >= 11 is 0. The third kappa shape index (κ3) is 2.81. The molecular weight excluding hydrogens is 202 g/mol. The summed E-state index contributed by atoms with van der Waals surface area (Å²) in [4.78, 5) is 10.1. The molecule has 0 bridgehead atoms. The molecule has 0 saturated heterocycles. The van der Waals surface area contributed by atoms with Crippen LogP contribution in [0.2, 0.25) is 0 Å². The molecule has 6 heteroatoms. The van der Waals surface area contributed by atoms with Crippen molar-refractivity contribution in [3.63, 3.8) is 0 Å². The quantitative estimate of drug-likeness (QED) is 0.582. The summed E-state index contributed by atoms with van der Waals surface area (Å²) in [6.45, 7) is -0.170. The zero-order valence-corrected chi connectivity index (χ0v) is 8.17. The number of nitrogens with zero attached hydrogens (tertiary/aromatic N) is 1. The van der Waals surface area contributed by atoms with Crippen LogP contribution < -0.4 is 9.47 Å². The van der Waals surface area contributed by atoms with Gasteiger partial charge in [-0.1, -0.05) is 0 Å². The van der Waals surface area contributed by atoms with Crippen LogP contribution in [0.4, 0.5) is 5.69 Å². The summed E-state index contributed by atoms with van der Waals surface area (Å²) < 4.78 is 9.85. The predicted octanol–water partition coefficient (Wildman–Crippen LogP) is 0.974. The van der Waals surface area contributed by atoms with Crippen LogP contribution in [0, 0.1) is 10.1 Å². The molecule has 0 aromatic heterocycles. The molecule has 0 atom stereocenters. The molecule has 0 amide bonds. The Morgan fingerprint density at radius 3 is 2.80 bits per heavy atom. The number of benzene rings is 1. The van der Waals surface area contributed by atoms with E-state index < -0.39 is 4.92 Å². The second kappa shape index (κ2) is 5.16. The van der Waals surface area contributed by atoms with Gasteiger partial charge in [0.1, 0.15) is 12.4 Å². The molecule has 1 rings (SSSR count). The number of aliphatic hydroxyl groups is 1. The van der Waals surface area contributed by atoms with Crippen molar-refractivity contribution in [1.82, 2.24) is 0 Å². The summed E-state index contributed by atoms with van der Waals surface area (Å²) in [5.74, 6) is 0.507. The van der Waals surface area contributed by atoms with Gasteiger partial charge < -0.3 is 14.6 Å². The summed E-state index contributed by atoms with van der Waals surface area (Å²) in [6, 6.07) is 4.26. The molecule has 0 aliphatic carbocycles. The van der Waals surface area contributed by atoms with Crippen molar-refractivity contribution in [2.45, 2.75) is 0 Å². The summed E-state index contributed by atoms with van der Waals surface area (Å²) in [6.07, 6.45) is 0. The molecule has 1 N–H and O–H groups in total. The standard InChI is InChI=1S/C9H11NO5/c1-14-7-2-3-9(15-5-4-11)8(6-7)10(12)13/h2-3,6,11H,4-5H2,1H3. The highest BCUT2D eigenvalue weighted by Crippen LogP contribution is 2.30. The van der Waals surface area contributed by atoms with Crippen molar-refractivity contribution in [2.75, 3.05) is 20.3 Å². The fourth-order valence-electron chi connectivity index (χ4n) is 1.04. The second-order valence-electron chi connectivity index (χ2n) is 2.66. The van der Waals surface area contributed by atoms with Gasteiger partial charge in [0.15, 0.2) is 5.75 Å². The van der Waals surface area contributed by atoms with E-state index in [1.54, 1.807) is 6.07 Å². The molecule has 0 heterocycles. The summed E-state index contributed by atoms with van der Waals surface area (Å²) in [5, 5.41) is 19.2. The van der Waals surface area contributed by atoms with Gasteiger partial charge in [-0.25, -0.2) is 0 Å². The Morgan fingerprint density at radius 2 is 2.27 bits per heavy atom. The smallest absolute Gasteiger partial charge is 0.314 e. The van der Waals surface area contributed by atoms with Gasteiger partial charge in [0, 0.05) is 0 Å². The van der Waals surface area contributed by atoms with Crippen molar-refractivity contribution in [3.8, 4) is 11.5 Å². The van der Waals surface area contributed by atoms with E-state index in [-0.39, 0.29) is 24.7 Å². The van der Waals surface area contributed by atoms with Crippen LogP contribution in [0.15, 0.2) is 18.2 Å². The average Bonchev–Trinajstić information content (AvgIpc) is 2.26. The van der Waals surface area contributed by atoms with Crippen LogP contribution in [0.3, 0.4) is 0 Å². The number of methoxy groups -OCH3 is 1. The lowest BCUT2D eigenvalue weighted by atomic mass is 10.3. The number of hydrogen-bond acceptors (Lipinski definition) is 5. The minimum Gasteiger partial charge on any atom is -0.496 e. The number of ether oxygens (including phenoxy) is 2. The lowest BCUT2D eigenvalue weighted by Crippen LogP contribution is -2.04. The maximum absolute atomic E-state index is 10.7.